The molecule has 0 radical (unpaired) electrons. The van der Waals surface area contributed by atoms with E-state index in [4.69, 9.17) is 9.47 Å². The van der Waals surface area contributed by atoms with Gasteiger partial charge in [-0.15, -0.1) is 0 Å². The SMILES string of the molecule is CCOc1ccccc1N(CC(=O)N(Cc1ccc(OC)cc1)[C@@H](C)C(=O)N[C@H](C)CC)S(=O)(=O)c1ccc(C)cc1. The van der Waals surface area contributed by atoms with Crippen LogP contribution < -0.4 is 19.1 Å². The van der Waals surface area contributed by atoms with Crippen LogP contribution >= 0.6 is 0 Å². The molecular formula is C32H41N3O6S. The lowest BCUT2D eigenvalue weighted by molar-refractivity contribution is -0.139. The van der Waals surface area contributed by atoms with Gasteiger partial charge in [0.15, 0.2) is 0 Å². The number of sulfonamides is 1. The van der Waals surface area contributed by atoms with Gasteiger partial charge >= 0.3 is 0 Å². The van der Waals surface area contributed by atoms with Crippen molar-refractivity contribution in [3.8, 4) is 11.5 Å². The molecule has 0 aliphatic carbocycles. The lowest BCUT2D eigenvalue weighted by atomic mass is 10.1. The van der Waals surface area contributed by atoms with Crippen molar-refractivity contribution in [1.82, 2.24) is 10.2 Å². The Kier molecular flexibility index (Phi) is 11.4. The number of benzene rings is 3. The van der Waals surface area contributed by atoms with Crippen LogP contribution in [0.25, 0.3) is 0 Å². The second kappa shape index (κ2) is 14.7. The number of nitrogens with zero attached hydrogens (tertiary/aromatic N) is 2. The fourth-order valence-electron chi connectivity index (χ4n) is 4.27. The summed E-state index contributed by atoms with van der Waals surface area (Å²) in [5, 5.41) is 2.94. The van der Waals surface area contributed by atoms with Crippen LogP contribution in [0.1, 0.15) is 45.2 Å². The Bertz CT molecular complexity index is 1440. The molecule has 0 bridgehead atoms. The molecular weight excluding hydrogens is 554 g/mol. The smallest absolute Gasteiger partial charge is 0.264 e. The van der Waals surface area contributed by atoms with Gasteiger partial charge in [0.05, 0.1) is 24.3 Å². The summed E-state index contributed by atoms with van der Waals surface area (Å²) in [7, 11) is -2.64. The molecule has 0 heterocycles. The average Bonchev–Trinajstić information content (AvgIpc) is 2.99. The van der Waals surface area contributed by atoms with E-state index in [2.05, 4.69) is 5.32 Å². The number of methoxy groups -OCH3 is 1. The fourth-order valence-corrected chi connectivity index (χ4v) is 5.69. The van der Waals surface area contributed by atoms with E-state index in [1.165, 1.54) is 17.0 Å². The van der Waals surface area contributed by atoms with Crippen molar-refractivity contribution in [1.29, 1.82) is 0 Å². The minimum Gasteiger partial charge on any atom is -0.497 e. The van der Waals surface area contributed by atoms with Gasteiger partial charge in [-0.1, -0.05) is 48.9 Å². The largest absolute Gasteiger partial charge is 0.497 e. The second-order valence-electron chi connectivity index (χ2n) is 10.1. The Morgan fingerprint density at radius 1 is 0.929 bits per heavy atom. The molecule has 2 amide bonds. The van der Waals surface area contributed by atoms with Crippen molar-refractivity contribution in [2.45, 2.75) is 64.6 Å². The molecule has 0 unspecified atom stereocenters. The molecule has 0 aromatic heterocycles. The zero-order valence-corrected chi connectivity index (χ0v) is 26.0. The lowest BCUT2D eigenvalue weighted by Crippen LogP contribution is -2.52. The van der Waals surface area contributed by atoms with Crippen molar-refractivity contribution in [2.75, 3.05) is 24.6 Å². The first-order chi connectivity index (χ1) is 20.0. The molecule has 3 aromatic rings. The molecule has 0 fully saturated rings. The van der Waals surface area contributed by atoms with Gasteiger partial charge < -0.3 is 19.7 Å². The maximum atomic E-state index is 14.1. The quantitative estimate of drug-likeness (QED) is 0.283. The number of nitrogens with one attached hydrogen (secondary N) is 1. The van der Waals surface area contributed by atoms with Crippen LogP contribution in [0, 0.1) is 6.92 Å². The first-order valence-electron chi connectivity index (χ1n) is 14.1. The van der Waals surface area contributed by atoms with Gasteiger partial charge in [0.1, 0.15) is 24.1 Å². The first kappa shape index (κ1) is 32.5. The molecule has 2 atom stereocenters. The number of rotatable bonds is 14. The molecule has 10 heteroatoms. The van der Waals surface area contributed by atoms with Gasteiger partial charge in [0.25, 0.3) is 10.0 Å². The third-order valence-electron chi connectivity index (χ3n) is 7.00. The summed E-state index contributed by atoms with van der Waals surface area (Å²) in [6.45, 7) is 9.01. The van der Waals surface area contributed by atoms with Gasteiger partial charge in [0.2, 0.25) is 11.8 Å². The molecule has 3 rings (SSSR count). The van der Waals surface area contributed by atoms with Crippen molar-refractivity contribution in [3.05, 3.63) is 83.9 Å². The molecule has 0 saturated carbocycles. The molecule has 226 valence electrons. The van der Waals surface area contributed by atoms with Crippen LogP contribution in [0.2, 0.25) is 0 Å². The fraction of sp³-hybridized carbons (Fsp3) is 0.375. The monoisotopic (exact) mass is 595 g/mol. The number of hydrogen-bond donors (Lipinski definition) is 1. The van der Waals surface area contributed by atoms with Gasteiger partial charge in [-0.05, 0) is 76.1 Å². The highest BCUT2D eigenvalue weighted by Crippen LogP contribution is 2.33. The third-order valence-corrected chi connectivity index (χ3v) is 8.78. The normalized spacial score (nSPS) is 12.6. The molecule has 9 nitrogen and oxygen atoms in total. The van der Waals surface area contributed by atoms with E-state index in [0.29, 0.717) is 18.1 Å². The van der Waals surface area contributed by atoms with E-state index < -0.39 is 28.5 Å². The summed E-state index contributed by atoms with van der Waals surface area (Å²) in [5.74, 6) is 0.114. The Hall–Kier alpha value is -4.05. The van der Waals surface area contributed by atoms with Crippen LogP contribution in [0.5, 0.6) is 11.5 Å². The molecule has 0 aliphatic heterocycles. The third kappa shape index (κ3) is 8.03. The van der Waals surface area contributed by atoms with Crippen molar-refractivity contribution >= 4 is 27.5 Å². The van der Waals surface area contributed by atoms with Crippen molar-refractivity contribution < 1.29 is 27.5 Å². The van der Waals surface area contributed by atoms with Gasteiger partial charge in [-0.25, -0.2) is 8.42 Å². The zero-order valence-electron chi connectivity index (χ0n) is 25.2. The highest BCUT2D eigenvalue weighted by Gasteiger charge is 2.34. The zero-order chi connectivity index (χ0) is 30.9. The summed E-state index contributed by atoms with van der Waals surface area (Å²) in [6.07, 6.45) is 0.724. The van der Waals surface area contributed by atoms with Gasteiger partial charge in [0, 0.05) is 12.6 Å². The predicted octanol–water partition coefficient (Wildman–Crippen LogP) is 4.93. The summed E-state index contributed by atoms with van der Waals surface area (Å²) in [4.78, 5) is 28.8. The minimum atomic E-state index is -4.20. The molecule has 42 heavy (non-hydrogen) atoms. The number of carbonyl (C=O) groups is 2. The maximum Gasteiger partial charge on any atom is 0.264 e. The van der Waals surface area contributed by atoms with E-state index in [1.54, 1.807) is 69.5 Å². The van der Waals surface area contributed by atoms with Crippen LogP contribution in [0.4, 0.5) is 5.69 Å². The summed E-state index contributed by atoms with van der Waals surface area (Å²) >= 11 is 0. The van der Waals surface area contributed by atoms with Gasteiger partial charge in [-0.2, -0.15) is 0 Å². The van der Waals surface area contributed by atoms with Crippen molar-refractivity contribution in [3.63, 3.8) is 0 Å². The Labute approximate surface area is 249 Å². The minimum absolute atomic E-state index is 0.0384. The number of para-hydroxylation sites is 2. The van der Waals surface area contributed by atoms with Crippen LogP contribution in [0.3, 0.4) is 0 Å². The Morgan fingerprint density at radius 3 is 2.17 bits per heavy atom. The molecule has 1 N–H and O–H groups in total. The highest BCUT2D eigenvalue weighted by molar-refractivity contribution is 7.92. The van der Waals surface area contributed by atoms with E-state index in [1.807, 2.05) is 32.9 Å². The highest BCUT2D eigenvalue weighted by atomic mass is 32.2. The summed E-state index contributed by atoms with van der Waals surface area (Å²) in [5.41, 5.74) is 1.89. The van der Waals surface area contributed by atoms with E-state index >= 15 is 0 Å². The van der Waals surface area contributed by atoms with Gasteiger partial charge in [-0.3, -0.25) is 13.9 Å². The molecule has 0 spiro atoms. The van der Waals surface area contributed by atoms with E-state index in [0.717, 1.165) is 21.9 Å². The average molecular weight is 596 g/mol. The molecule has 0 aliphatic rings. The van der Waals surface area contributed by atoms with Crippen LogP contribution in [0.15, 0.2) is 77.7 Å². The number of aryl methyl sites for hydroxylation is 1. The number of ether oxygens (including phenoxy) is 2. The summed E-state index contributed by atoms with van der Waals surface area (Å²) < 4.78 is 40.2. The number of anilines is 1. The number of hydrogen-bond acceptors (Lipinski definition) is 6. The summed E-state index contributed by atoms with van der Waals surface area (Å²) in [6, 6.07) is 19.4. The lowest BCUT2D eigenvalue weighted by Gasteiger charge is -2.33. The predicted molar refractivity (Wildman–Crippen MR) is 164 cm³/mol. The number of carbonyl (C=O) groups excluding carboxylic acids is 2. The second-order valence-corrected chi connectivity index (χ2v) is 12.0. The standard InChI is InChI=1S/C32H41N3O6S/c1-7-24(4)33-32(37)25(5)34(21-26-15-17-27(40-6)18-16-26)31(36)22-35(29-11-9-10-12-30(29)41-8-2)42(38,39)28-19-13-23(3)14-20-28/h9-20,24-25H,7-8,21-22H2,1-6H3,(H,33,37)/t24-,25+/m1/s1. The maximum absolute atomic E-state index is 14.1. The first-order valence-corrected chi connectivity index (χ1v) is 15.5. The van der Waals surface area contributed by atoms with Crippen LogP contribution in [-0.2, 0) is 26.2 Å². The number of amides is 2. The van der Waals surface area contributed by atoms with E-state index in [9.17, 15) is 18.0 Å². The Morgan fingerprint density at radius 2 is 1.57 bits per heavy atom. The molecule has 0 saturated heterocycles. The van der Waals surface area contributed by atoms with Crippen molar-refractivity contribution in [2.24, 2.45) is 0 Å². The van der Waals surface area contributed by atoms with E-state index in [-0.39, 0.29) is 29.1 Å². The Balaban J connectivity index is 2.07. The van der Waals surface area contributed by atoms with Crippen LogP contribution in [-0.4, -0.2) is 57.5 Å². The molecule has 3 aromatic carbocycles. The topological polar surface area (TPSA) is 105 Å².